The molecule has 1 amide bonds. The summed E-state index contributed by atoms with van der Waals surface area (Å²) in [7, 11) is 3.05. The zero-order valence-electron chi connectivity index (χ0n) is 18.8. The number of amides is 1. The van der Waals surface area contributed by atoms with Crippen molar-refractivity contribution in [3.8, 4) is 5.75 Å². The molecule has 1 atom stereocenters. The minimum absolute atomic E-state index is 0. The number of fused-ring (bicyclic) bond motifs is 1. The normalized spacial score (nSPS) is 11.8. The Labute approximate surface area is 196 Å². The zero-order chi connectivity index (χ0) is 23.3. The molecule has 0 saturated carbocycles. The third-order valence-electron chi connectivity index (χ3n) is 5.08. The van der Waals surface area contributed by atoms with Crippen LogP contribution in [0.3, 0.4) is 0 Å². The molecule has 180 valence electrons. The molecule has 0 aliphatic rings. The first-order chi connectivity index (χ1) is 15.3. The number of rotatable bonds is 10. The van der Waals surface area contributed by atoms with Crippen LogP contribution in [0.15, 0.2) is 40.2 Å². The average molecular weight is 481 g/mol. The lowest BCUT2D eigenvalue weighted by molar-refractivity contribution is -0.661. The van der Waals surface area contributed by atoms with Gasteiger partial charge in [0.25, 0.3) is 5.56 Å². The van der Waals surface area contributed by atoms with Crippen LogP contribution >= 0.6 is 0 Å². The first-order valence-corrected chi connectivity index (χ1v) is 10.4. The topological polar surface area (TPSA) is 137 Å². The number of aliphatic hydroxyl groups excluding tert-OH is 1. The third kappa shape index (κ3) is 6.44. The lowest BCUT2D eigenvalue weighted by Gasteiger charge is -2.12. The van der Waals surface area contributed by atoms with Gasteiger partial charge in [0.2, 0.25) is 5.91 Å². The van der Waals surface area contributed by atoms with Gasteiger partial charge in [0.05, 0.1) is 12.9 Å². The molecule has 0 aliphatic heterocycles. The first kappa shape index (κ1) is 26.1. The molecule has 0 spiro atoms. The van der Waals surface area contributed by atoms with Crippen molar-refractivity contribution in [3.63, 3.8) is 0 Å². The molecule has 12 heteroatoms. The van der Waals surface area contributed by atoms with Crippen molar-refractivity contribution >= 4 is 22.8 Å². The molecule has 0 bridgehead atoms. The highest BCUT2D eigenvalue weighted by Gasteiger charge is 2.14. The van der Waals surface area contributed by atoms with Crippen molar-refractivity contribution in [1.29, 1.82) is 0 Å². The van der Waals surface area contributed by atoms with E-state index in [1.165, 1.54) is 18.5 Å². The van der Waals surface area contributed by atoms with Crippen molar-refractivity contribution in [1.82, 2.24) is 18.7 Å². The maximum Gasteiger partial charge on any atom is 0.332 e. The summed E-state index contributed by atoms with van der Waals surface area (Å²) in [6.45, 7) is 3.40. The van der Waals surface area contributed by atoms with E-state index in [0.29, 0.717) is 35.7 Å². The van der Waals surface area contributed by atoms with Crippen molar-refractivity contribution in [2.24, 2.45) is 14.1 Å². The Bertz CT molecular complexity index is 1200. The number of carbonyl (C=O) groups is 1. The van der Waals surface area contributed by atoms with Gasteiger partial charge in [-0.2, -0.15) is 0 Å². The minimum atomic E-state index is -0.638. The molecule has 0 aliphatic carbocycles. The summed E-state index contributed by atoms with van der Waals surface area (Å²) in [5, 5.41) is 14.8. The molecular weight excluding hydrogens is 452 g/mol. The number of aliphatic hydroxyl groups is 1. The van der Waals surface area contributed by atoms with E-state index in [1.54, 1.807) is 42.2 Å². The number of halogens is 1. The van der Waals surface area contributed by atoms with Gasteiger partial charge in [-0.3, -0.25) is 18.7 Å². The van der Waals surface area contributed by atoms with Gasteiger partial charge in [-0.1, -0.05) is 0 Å². The number of ether oxygens (including phenoxy) is 1. The lowest BCUT2D eigenvalue weighted by atomic mass is 10.3. The average Bonchev–Trinajstić information content (AvgIpc) is 3.19. The number of carbonyl (C=O) groups excluding carboxylic acids is 1. The summed E-state index contributed by atoms with van der Waals surface area (Å²) in [5.74, 6) is 0.472. The third-order valence-corrected chi connectivity index (χ3v) is 5.08. The number of nitrogens with two attached hydrogens (primary N) is 1. The van der Waals surface area contributed by atoms with Crippen LogP contribution in [0.4, 0.5) is 5.69 Å². The molecule has 0 fully saturated rings. The second-order valence-corrected chi connectivity index (χ2v) is 7.65. The van der Waals surface area contributed by atoms with E-state index in [-0.39, 0.29) is 30.5 Å². The SMILES string of the molecule is CC(=O)Nc1ccc(OCC(O)C[NH2+]CCCn2cnc3c2c(=O)n(C)c(=O)n3C)cc1.[Cl-]. The number of hydrogen-bond donors (Lipinski definition) is 3. The summed E-state index contributed by atoms with van der Waals surface area (Å²) in [5.41, 5.74) is 0.708. The molecular formula is C21H29ClN6O5. The smallest absolute Gasteiger partial charge is 0.332 e. The summed E-state index contributed by atoms with van der Waals surface area (Å²) in [6, 6.07) is 6.94. The second-order valence-electron chi connectivity index (χ2n) is 7.65. The van der Waals surface area contributed by atoms with Gasteiger partial charge < -0.3 is 37.5 Å². The van der Waals surface area contributed by atoms with Gasteiger partial charge in [0.1, 0.15) is 25.0 Å². The Kier molecular flexibility index (Phi) is 9.21. The Balaban J connectivity index is 0.00000385. The molecule has 0 saturated heterocycles. The Morgan fingerprint density at radius 3 is 2.58 bits per heavy atom. The van der Waals surface area contributed by atoms with Crippen LogP contribution in [0.1, 0.15) is 13.3 Å². The van der Waals surface area contributed by atoms with E-state index in [9.17, 15) is 19.5 Å². The highest BCUT2D eigenvalue weighted by Crippen LogP contribution is 2.15. The molecule has 0 radical (unpaired) electrons. The molecule has 2 aromatic heterocycles. The van der Waals surface area contributed by atoms with Gasteiger partial charge in [-0.15, -0.1) is 0 Å². The summed E-state index contributed by atoms with van der Waals surface area (Å²) >= 11 is 0. The predicted molar refractivity (Wildman–Crippen MR) is 119 cm³/mol. The van der Waals surface area contributed by atoms with Crippen LogP contribution in [0.25, 0.3) is 11.2 Å². The van der Waals surface area contributed by atoms with Crippen molar-refractivity contribution in [2.75, 3.05) is 25.0 Å². The summed E-state index contributed by atoms with van der Waals surface area (Å²) < 4.78 is 9.78. The van der Waals surface area contributed by atoms with E-state index >= 15 is 0 Å². The van der Waals surface area contributed by atoms with E-state index in [0.717, 1.165) is 17.5 Å². The molecule has 1 unspecified atom stereocenters. The maximum atomic E-state index is 12.4. The van der Waals surface area contributed by atoms with E-state index in [1.807, 2.05) is 5.32 Å². The quantitative estimate of drug-likeness (QED) is 0.252. The van der Waals surface area contributed by atoms with Crippen molar-refractivity contribution in [2.45, 2.75) is 26.0 Å². The number of nitrogens with one attached hydrogen (secondary N) is 1. The molecule has 1 aromatic carbocycles. The fraction of sp³-hybridized carbons (Fsp3) is 0.429. The molecule has 3 rings (SSSR count). The number of quaternary nitrogens is 1. The first-order valence-electron chi connectivity index (χ1n) is 10.4. The van der Waals surface area contributed by atoms with Crippen LogP contribution < -0.4 is 39.0 Å². The van der Waals surface area contributed by atoms with E-state index < -0.39 is 11.8 Å². The number of imidazole rings is 1. The number of aryl methyl sites for hydroxylation is 2. The minimum Gasteiger partial charge on any atom is -1.00 e. The van der Waals surface area contributed by atoms with E-state index in [2.05, 4.69) is 10.3 Å². The maximum absolute atomic E-state index is 12.4. The fourth-order valence-corrected chi connectivity index (χ4v) is 3.38. The van der Waals surface area contributed by atoms with Crippen LogP contribution in [0.5, 0.6) is 5.75 Å². The van der Waals surface area contributed by atoms with Crippen LogP contribution in [-0.4, -0.2) is 55.5 Å². The standard InChI is InChI=1S/C21H28N6O5.ClH/c1-14(28)24-15-5-7-17(8-6-15)32-12-16(29)11-22-9-4-10-27-13-23-19-18(27)20(30)26(3)21(31)25(19)2;/h5-8,13,16,22,29H,4,9-12H2,1-3H3,(H,24,28);1H. The number of nitrogens with zero attached hydrogens (tertiary/aromatic N) is 4. The van der Waals surface area contributed by atoms with Gasteiger partial charge in [-0.05, 0) is 24.3 Å². The van der Waals surface area contributed by atoms with Gasteiger partial charge in [-0.25, -0.2) is 9.78 Å². The number of benzene rings is 1. The highest BCUT2D eigenvalue weighted by atomic mass is 35.5. The van der Waals surface area contributed by atoms with Crippen LogP contribution in [0, 0.1) is 0 Å². The highest BCUT2D eigenvalue weighted by molar-refractivity contribution is 5.88. The Morgan fingerprint density at radius 2 is 1.91 bits per heavy atom. The number of anilines is 1. The van der Waals surface area contributed by atoms with Crippen LogP contribution in [-0.2, 0) is 25.4 Å². The van der Waals surface area contributed by atoms with Gasteiger partial charge in [0, 0.05) is 39.7 Å². The molecule has 11 nitrogen and oxygen atoms in total. The predicted octanol–water partition coefficient (Wildman–Crippen LogP) is -4.21. The molecule has 2 heterocycles. The molecule has 33 heavy (non-hydrogen) atoms. The summed E-state index contributed by atoms with van der Waals surface area (Å²) in [4.78, 5) is 39.7. The largest absolute Gasteiger partial charge is 1.00 e. The second kappa shape index (κ2) is 11.6. The Morgan fingerprint density at radius 1 is 1.21 bits per heavy atom. The van der Waals surface area contributed by atoms with Gasteiger partial charge in [0.15, 0.2) is 11.2 Å². The Hall–Kier alpha value is -3.15. The molecule has 4 N–H and O–H groups in total. The number of hydrogen-bond acceptors (Lipinski definition) is 6. The fourth-order valence-electron chi connectivity index (χ4n) is 3.38. The zero-order valence-corrected chi connectivity index (χ0v) is 19.6. The number of aromatic nitrogens is 4. The lowest BCUT2D eigenvalue weighted by Crippen LogP contribution is -3.00. The van der Waals surface area contributed by atoms with Crippen molar-refractivity contribution < 1.29 is 32.4 Å². The van der Waals surface area contributed by atoms with Crippen molar-refractivity contribution in [3.05, 3.63) is 51.4 Å². The van der Waals surface area contributed by atoms with Gasteiger partial charge >= 0.3 is 5.69 Å². The molecule has 3 aromatic rings. The van der Waals surface area contributed by atoms with E-state index in [4.69, 9.17) is 4.74 Å². The van der Waals surface area contributed by atoms with Crippen LogP contribution in [0.2, 0.25) is 0 Å². The monoisotopic (exact) mass is 480 g/mol. The summed E-state index contributed by atoms with van der Waals surface area (Å²) in [6.07, 6.45) is 1.70.